The summed E-state index contributed by atoms with van der Waals surface area (Å²) in [5.41, 5.74) is -0.981. The lowest BCUT2D eigenvalue weighted by Gasteiger charge is -2.34. The Morgan fingerprint density at radius 1 is 1.13 bits per heavy atom. The lowest BCUT2D eigenvalue weighted by Crippen LogP contribution is -2.44. The fourth-order valence-electron chi connectivity index (χ4n) is 4.15. The van der Waals surface area contributed by atoms with Crippen LogP contribution >= 0.6 is 0 Å². The van der Waals surface area contributed by atoms with Crippen LogP contribution in [0.4, 0.5) is 25.1 Å². The van der Waals surface area contributed by atoms with E-state index in [4.69, 9.17) is 9.47 Å². The van der Waals surface area contributed by atoms with E-state index in [9.17, 15) is 13.2 Å². The largest absolute Gasteiger partial charge is 0.469 e. The number of hydrogen-bond donors (Lipinski definition) is 1. The number of nitrogens with one attached hydrogen (secondary N) is 1. The Bertz CT molecular complexity index is 932. The first-order valence-corrected chi connectivity index (χ1v) is 10.6. The minimum Gasteiger partial charge on any atom is -0.469 e. The molecule has 1 N–H and O–H groups in total. The zero-order valence-corrected chi connectivity index (χ0v) is 16.9. The van der Waals surface area contributed by atoms with E-state index in [2.05, 4.69) is 34.9 Å². The van der Waals surface area contributed by atoms with Crippen LogP contribution in [-0.2, 0) is 23.9 Å². The van der Waals surface area contributed by atoms with Gasteiger partial charge in [-0.15, -0.1) is 10.2 Å². The number of alkyl halides is 3. The van der Waals surface area contributed by atoms with E-state index in [1.165, 1.54) is 0 Å². The van der Waals surface area contributed by atoms with Crippen LogP contribution in [0.2, 0.25) is 0 Å². The normalized spacial score (nSPS) is 22.0. The standard InChI is InChI=1S/C19H24F3N7O2/c20-19(21,22)14-8-23-17(25-16(14)31-13-10-30-11-13)24-12-4-3-6-28(9-12)18-27-26-15-5-1-2-7-29(15)18/h8,12-13H,1-7,9-11H2,(H,23,24,25)/t12-/m1/s1. The summed E-state index contributed by atoms with van der Waals surface area (Å²) in [6.45, 7) is 2.93. The smallest absolute Gasteiger partial charge is 0.423 e. The number of fused-ring (bicyclic) bond motifs is 1. The zero-order valence-electron chi connectivity index (χ0n) is 16.9. The van der Waals surface area contributed by atoms with Gasteiger partial charge >= 0.3 is 6.18 Å². The van der Waals surface area contributed by atoms with Crippen LogP contribution in [0.3, 0.4) is 0 Å². The molecule has 0 spiro atoms. The summed E-state index contributed by atoms with van der Waals surface area (Å²) in [5.74, 6) is 1.54. The molecule has 0 saturated carbocycles. The van der Waals surface area contributed by atoms with Gasteiger partial charge < -0.3 is 19.7 Å². The fourth-order valence-corrected chi connectivity index (χ4v) is 4.15. The maximum absolute atomic E-state index is 13.3. The molecular formula is C19H24F3N7O2. The average molecular weight is 439 g/mol. The maximum Gasteiger partial charge on any atom is 0.423 e. The van der Waals surface area contributed by atoms with Crippen molar-refractivity contribution in [2.75, 3.05) is 36.5 Å². The number of nitrogens with zero attached hydrogens (tertiary/aromatic N) is 6. The van der Waals surface area contributed by atoms with Crippen LogP contribution in [0.1, 0.15) is 37.1 Å². The second-order valence-electron chi connectivity index (χ2n) is 8.14. The lowest BCUT2D eigenvalue weighted by atomic mass is 10.1. The Balaban J connectivity index is 1.31. The van der Waals surface area contributed by atoms with Crippen molar-refractivity contribution in [2.45, 2.75) is 57.0 Å². The van der Waals surface area contributed by atoms with E-state index < -0.39 is 23.7 Å². The van der Waals surface area contributed by atoms with Crippen molar-refractivity contribution in [1.82, 2.24) is 24.7 Å². The molecule has 3 aliphatic heterocycles. The van der Waals surface area contributed by atoms with Gasteiger partial charge in [0.05, 0.1) is 13.2 Å². The first-order chi connectivity index (χ1) is 15.0. The highest BCUT2D eigenvalue weighted by Gasteiger charge is 2.38. The third-order valence-corrected chi connectivity index (χ3v) is 5.82. The van der Waals surface area contributed by atoms with Crippen molar-refractivity contribution in [1.29, 1.82) is 0 Å². The van der Waals surface area contributed by atoms with Gasteiger partial charge in [0, 0.05) is 38.3 Å². The molecule has 12 heteroatoms. The molecular weight excluding hydrogens is 415 g/mol. The molecule has 2 aromatic rings. The predicted molar refractivity (Wildman–Crippen MR) is 104 cm³/mol. The minimum absolute atomic E-state index is 0.0260. The van der Waals surface area contributed by atoms with Crippen LogP contribution in [0.25, 0.3) is 0 Å². The lowest BCUT2D eigenvalue weighted by molar-refractivity contribution is -0.142. The van der Waals surface area contributed by atoms with Gasteiger partial charge in [-0.1, -0.05) is 0 Å². The first-order valence-electron chi connectivity index (χ1n) is 10.6. The van der Waals surface area contributed by atoms with Crippen LogP contribution in [0.5, 0.6) is 5.88 Å². The Labute approximate surface area is 177 Å². The minimum atomic E-state index is -4.59. The Morgan fingerprint density at radius 3 is 2.77 bits per heavy atom. The van der Waals surface area contributed by atoms with Gasteiger partial charge in [0.1, 0.15) is 17.5 Å². The molecule has 0 unspecified atom stereocenters. The summed E-state index contributed by atoms with van der Waals surface area (Å²) in [5, 5.41) is 11.9. The highest BCUT2D eigenvalue weighted by atomic mass is 19.4. The van der Waals surface area contributed by atoms with Gasteiger partial charge in [-0.25, -0.2) is 4.98 Å². The van der Waals surface area contributed by atoms with Crippen LogP contribution in [0, 0.1) is 0 Å². The van der Waals surface area contributed by atoms with Crippen LogP contribution in [0.15, 0.2) is 6.20 Å². The third-order valence-electron chi connectivity index (χ3n) is 5.82. The molecule has 2 aromatic heterocycles. The van der Waals surface area contributed by atoms with Crippen molar-refractivity contribution in [3.63, 3.8) is 0 Å². The molecule has 5 heterocycles. The van der Waals surface area contributed by atoms with Gasteiger partial charge in [0.15, 0.2) is 0 Å². The second kappa shape index (κ2) is 8.13. The number of anilines is 2. The van der Waals surface area contributed by atoms with Gasteiger partial charge in [0.2, 0.25) is 17.8 Å². The average Bonchev–Trinajstić information content (AvgIpc) is 3.14. The van der Waals surface area contributed by atoms with Crippen molar-refractivity contribution in [3.05, 3.63) is 17.6 Å². The molecule has 5 rings (SSSR count). The van der Waals surface area contributed by atoms with E-state index in [0.29, 0.717) is 6.54 Å². The Hall–Kier alpha value is -2.63. The molecule has 2 saturated heterocycles. The van der Waals surface area contributed by atoms with Crippen LogP contribution < -0.4 is 15.0 Å². The molecule has 3 aliphatic rings. The summed E-state index contributed by atoms with van der Waals surface area (Å²) in [6.07, 6.45) is 0.724. The molecule has 31 heavy (non-hydrogen) atoms. The third kappa shape index (κ3) is 4.25. The van der Waals surface area contributed by atoms with Crippen molar-refractivity contribution < 1.29 is 22.6 Å². The Kier molecular flexibility index (Phi) is 5.32. The number of aryl methyl sites for hydroxylation is 1. The van der Waals surface area contributed by atoms with E-state index in [1.807, 2.05) is 0 Å². The topological polar surface area (TPSA) is 90.2 Å². The predicted octanol–water partition coefficient (Wildman–Crippen LogP) is 2.28. The monoisotopic (exact) mass is 439 g/mol. The highest BCUT2D eigenvalue weighted by molar-refractivity contribution is 5.38. The second-order valence-corrected chi connectivity index (χ2v) is 8.14. The molecule has 1 atom stereocenters. The molecule has 0 bridgehead atoms. The van der Waals surface area contributed by atoms with Gasteiger partial charge in [-0.2, -0.15) is 18.2 Å². The number of rotatable bonds is 5. The van der Waals surface area contributed by atoms with Crippen molar-refractivity contribution in [3.8, 4) is 5.88 Å². The highest BCUT2D eigenvalue weighted by Crippen LogP contribution is 2.36. The van der Waals surface area contributed by atoms with Gasteiger partial charge in [-0.3, -0.25) is 4.57 Å². The van der Waals surface area contributed by atoms with E-state index in [0.717, 1.165) is 63.2 Å². The van der Waals surface area contributed by atoms with E-state index in [1.54, 1.807) is 0 Å². The summed E-state index contributed by atoms with van der Waals surface area (Å²) in [4.78, 5) is 10.1. The van der Waals surface area contributed by atoms with Crippen molar-refractivity contribution >= 4 is 11.9 Å². The number of ether oxygens (including phenoxy) is 2. The summed E-state index contributed by atoms with van der Waals surface area (Å²) < 4.78 is 52.5. The molecule has 2 fully saturated rings. The quantitative estimate of drug-likeness (QED) is 0.759. The molecule has 0 amide bonds. The molecule has 0 aromatic carbocycles. The van der Waals surface area contributed by atoms with Gasteiger partial charge in [0.25, 0.3) is 0 Å². The first kappa shape index (κ1) is 20.3. The van der Waals surface area contributed by atoms with Crippen LogP contribution in [-0.4, -0.2) is 63.2 Å². The van der Waals surface area contributed by atoms with Gasteiger partial charge in [-0.05, 0) is 25.7 Å². The molecule has 0 radical (unpaired) electrons. The molecule has 9 nitrogen and oxygen atoms in total. The summed E-state index contributed by atoms with van der Waals surface area (Å²) >= 11 is 0. The fraction of sp³-hybridized carbons (Fsp3) is 0.684. The number of hydrogen-bond acceptors (Lipinski definition) is 8. The van der Waals surface area contributed by atoms with E-state index in [-0.39, 0.29) is 25.2 Å². The van der Waals surface area contributed by atoms with E-state index >= 15 is 0 Å². The molecule has 168 valence electrons. The zero-order chi connectivity index (χ0) is 21.4. The molecule has 0 aliphatic carbocycles. The number of halogens is 3. The van der Waals surface area contributed by atoms with Crippen molar-refractivity contribution in [2.24, 2.45) is 0 Å². The summed E-state index contributed by atoms with van der Waals surface area (Å²) in [6, 6.07) is -0.0260. The number of aromatic nitrogens is 5. The maximum atomic E-state index is 13.3. The Morgan fingerprint density at radius 2 is 2.00 bits per heavy atom. The number of piperidine rings is 1. The SMILES string of the molecule is FC(F)(F)c1cnc(N[C@@H]2CCCN(c3nnc4n3CCCC4)C2)nc1OC1COC1. The summed E-state index contributed by atoms with van der Waals surface area (Å²) in [7, 11) is 0.